The van der Waals surface area contributed by atoms with Crippen molar-refractivity contribution < 1.29 is 0 Å². The maximum absolute atomic E-state index is 5.93. The molecule has 0 bridgehead atoms. The number of nitrogens with zero attached hydrogens (tertiary/aromatic N) is 1. The number of piperidine rings is 1. The zero-order valence-corrected chi connectivity index (χ0v) is 12.1. The van der Waals surface area contributed by atoms with E-state index in [2.05, 4.69) is 36.2 Å². The van der Waals surface area contributed by atoms with Crippen LogP contribution in [0.25, 0.3) is 0 Å². The fourth-order valence-electron chi connectivity index (χ4n) is 2.66. The first-order chi connectivity index (χ1) is 8.70. The molecule has 1 fully saturated rings. The first-order valence-electron chi connectivity index (χ1n) is 6.94. The summed E-state index contributed by atoms with van der Waals surface area (Å²) in [7, 11) is 0. The van der Waals surface area contributed by atoms with Crippen LogP contribution in [0.4, 0.5) is 5.69 Å². The molecule has 2 rings (SSSR count). The second-order valence-corrected chi connectivity index (χ2v) is 5.69. The summed E-state index contributed by atoms with van der Waals surface area (Å²) in [6, 6.07) is 8.86. The van der Waals surface area contributed by atoms with Gasteiger partial charge in [0.05, 0.1) is 0 Å². The van der Waals surface area contributed by atoms with Crippen molar-refractivity contribution in [3.8, 4) is 0 Å². The molecular weight excluding hydrogens is 244 g/mol. The molecule has 0 saturated carbocycles. The third-order valence-corrected chi connectivity index (χ3v) is 4.01. The fraction of sp³-hybridized carbons (Fsp3) is 0.600. The molecule has 2 nitrogen and oxygen atoms in total. The van der Waals surface area contributed by atoms with Crippen molar-refractivity contribution in [3.63, 3.8) is 0 Å². The van der Waals surface area contributed by atoms with Gasteiger partial charge in [-0.05, 0) is 49.6 Å². The topological polar surface area (TPSA) is 15.3 Å². The number of halogens is 1. The fourth-order valence-corrected chi connectivity index (χ4v) is 2.79. The molecule has 18 heavy (non-hydrogen) atoms. The van der Waals surface area contributed by atoms with E-state index in [1.54, 1.807) is 0 Å². The van der Waals surface area contributed by atoms with E-state index in [0.29, 0.717) is 12.0 Å². The Morgan fingerprint density at radius 2 is 2.06 bits per heavy atom. The van der Waals surface area contributed by atoms with E-state index in [9.17, 15) is 0 Å². The van der Waals surface area contributed by atoms with Crippen LogP contribution in [0.5, 0.6) is 0 Å². The van der Waals surface area contributed by atoms with Gasteiger partial charge in [0.15, 0.2) is 0 Å². The molecule has 1 aliphatic heterocycles. The van der Waals surface area contributed by atoms with Gasteiger partial charge in [0, 0.05) is 29.8 Å². The van der Waals surface area contributed by atoms with Gasteiger partial charge >= 0.3 is 0 Å². The second kappa shape index (κ2) is 6.44. The number of nitrogens with one attached hydrogen (secondary N) is 1. The van der Waals surface area contributed by atoms with E-state index in [4.69, 9.17) is 11.6 Å². The van der Waals surface area contributed by atoms with Crippen molar-refractivity contribution in [3.05, 3.63) is 29.3 Å². The Hall–Kier alpha value is -0.730. The van der Waals surface area contributed by atoms with Gasteiger partial charge in [0.2, 0.25) is 0 Å². The van der Waals surface area contributed by atoms with Crippen LogP contribution in [0.3, 0.4) is 0 Å². The maximum atomic E-state index is 5.93. The van der Waals surface area contributed by atoms with Gasteiger partial charge in [-0.15, -0.1) is 0 Å². The maximum Gasteiger partial charge on any atom is 0.0407 e. The molecule has 0 spiro atoms. The summed E-state index contributed by atoms with van der Waals surface area (Å²) in [5.74, 6) is 0.695. The normalized spacial score (nSPS) is 24.3. The smallest absolute Gasteiger partial charge is 0.0407 e. The predicted molar refractivity (Wildman–Crippen MR) is 79.5 cm³/mol. The molecule has 1 N–H and O–H groups in total. The largest absolute Gasteiger partial charge is 0.371 e. The van der Waals surface area contributed by atoms with Crippen LogP contribution in [0.2, 0.25) is 5.02 Å². The highest BCUT2D eigenvalue weighted by Gasteiger charge is 2.25. The zero-order chi connectivity index (χ0) is 13.0. The molecule has 1 saturated heterocycles. The quantitative estimate of drug-likeness (QED) is 0.897. The summed E-state index contributed by atoms with van der Waals surface area (Å²) in [5, 5.41) is 4.47. The van der Waals surface area contributed by atoms with E-state index in [0.717, 1.165) is 24.7 Å². The van der Waals surface area contributed by atoms with Crippen LogP contribution in [-0.4, -0.2) is 25.7 Å². The highest BCUT2D eigenvalue weighted by Crippen LogP contribution is 2.24. The molecule has 100 valence electrons. The third-order valence-electron chi connectivity index (χ3n) is 3.75. The third kappa shape index (κ3) is 3.39. The molecule has 1 heterocycles. The Morgan fingerprint density at radius 1 is 1.33 bits per heavy atom. The van der Waals surface area contributed by atoms with Gasteiger partial charge in [-0.1, -0.05) is 25.4 Å². The second-order valence-electron chi connectivity index (χ2n) is 5.25. The highest BCUT2D eigenvalue weighted by molar-refractivity contribution is 6.30. The van der Waals surface area contributed by atoms with Gasteiger partial charge in [0.25, 0.3) is 0 Å². The van der Waals surface area contributed by atoms with Crippen LogP contribution in [0.15, 0.2) is 24.3 Å². The molecule has 1 aliphatic rings. The van der Waals surface area contributed by atoms with Crippen LogP contribution >= 0.6 is 11.6 Å². The Kier molecular flexibility index (Phi) is 4.90. The summed E-state index contributed by atoms with van der Waals surface area (Å²) in [6.45, 7) is 7.96. The summed E-state index contributed by atoms with van der Waals surface area (Å²) < 4.78 is 0. The lowest BCUT2D eigenvalue weighted by molar-refractivity contribution is 0.322. The molecule has 3 heteroatoms. The van der Waals surface area contributed by atoms with Crippen molar-refractivity contribution in [2.24, 2.45) is 5.92 Å². The standard InChI is InChI=1S/C15H23ClN2/c1-3-9-17-15-8-10-18(11-12(15)2)14-6-4-13(16)5-7-14/h4-7,12,15,17H,3,8-11H2,1-2H3. The minimum Gasteiger partial charge on any atom is -0.371 e. The van der Waals surface area contributed by atoms with Crippen LogP contribution in [0, 0.1) is 5.92 Å². The van der Waals surface area contributed by atoms with Crippen molar-refractivity contribution in [1.82, 2.24) is 5.32 Å². The molecule has 1 aromatic carbocycles. The summed E-state index contributed by atoms with van der Waals surface area (Å²) >= 11 is 5.93. The summed E-state index contributed by atoms with van der Waals surface area (Å²) in [6.07, 6.45) is 2.44. The van der Waals surface area contributed by atoms with E-state index in [1.807, 2.05) is 12.1 Å². The van der Waals surface area contributed by atoms with Crippen LogP contribution in [0.1, 0.15) is 26.7 Å². The Labute approximate surface area is 115 Å². The molecule has 0 aliphatic carbocycles. The summed E-state index contributed by atoms with van der Waals surface area (Å²) in [4.78, 5) is 2.46. The lowest BCUT2D eigenvalue weighted by Gasteiger charge is -2.38. The van der Waals surface area contributed by atoms with E-state index in [1.165, 1.54) is 18.5 Å². The summed E-state index contributed by atoms with van der Waals surface area (Å²) in [5.41, 5.74) is 1.29. The number of anilines is 1. The Morgan fingerprint density at radius 3 is 2.67 bits per heavy atom. The van der Waals surface area contributed by atoms with Gasteiger partial charge in [-0.3, -0.25) is 0 Å². The number of hydrogen-bond donors (Lipinski definition) is 1. The Bertz CT molecular complexity index is 363. The van der Waals surface area contributed by atoms with Crippen molar-refractivity contribution in [1.29, 1.82) is 0 Å². The zero-order valence-electron chi connectivity index (χ0n) is 11.3. The van der Waals surface area contributed by atoms with Crippen LogP contribution < -0.4 is 10.2 Å². The van der Waals surface area contributed by atoms with Crippen LogP contribution in [-0.2, 0) is 0 Å². The average Bonchev–Trinajstić information content (AvgIpc) is 2.38. The lowest BCUT2D eigenvalue weighted by atomic mass is 9.93. The first-order valence-corrected chi connectivity index (χ1v) is 7.32. The minimum absolute atomic E-state index is 0.675. The molecule has 1 aromatic rings. The van der Waals surface area contributed by atoms with Gasteiger partial charge in [-0.2, -0.15) is 0 Å². The number of hydrogen-bond acceptors (Lipinski definition) is 2. The SMILES string of the molecule is CCCNC1CCN(c2ccc(Cl)cc2)CC1C. The van der Waals surface area contributed by atoms with E-state index < -0.39 is 0 Å². The lowest BCUT2D eigenvalue weighted by Crippen LogP contribution is -2.48. The van der Waals surface area contributed by atoms with Gasteiger partial charge in [0.1, 0.15) is 0 Å². The molecule has 2 atom stereocenters. The van der Waals surface area contributed by atoms with Crippen molar-refractivity contribution >= 4 is 17.3 Å². The monoisotopic (exact) mass is 266 g/mol. The Balaban J connectivity index is 1.93. The number of benzene rings is 1. The van der Waals surface area contributed by atoms with Crippen molar-refractivity contribution in [2.45, 2.75) is 32.7 Å². The molecule has 0 aromatic heterocycles. The number of rotatable bonds is 4. The molecule has 2 unspecified atom stereocenters. The van der Waals surface area contributed by atoms with Gasteiger partial charge < -0.3 is 10.2 Å². The average molecular weight is 267 g/mol. The molecule has 0 radical (unpaired) electrons. The van der Waals surface area contributed by atoms with Gasteiger partial charge in [-0.25, -0.2) is 0 Å². The molecule has 0 amide bonds. The highest BCUT2D eigenvalue weighted by atomic mass is 35.5. The first kappa shape index (κ1) is 13.7. The van der Waals surface area contributed by atoms with E-state index in [-0.39, 0.29) is 0 Å². The minimum atomic E-state index is 0.675. The van der Waals surface area contributed by atoms with E-state index >= 15 is 0 Å². The molecular formula is C15H23ClN2. The van der Waals surface area contributed by atoms with Crippen molar-refractivity contribution in [2.75, 3.05) is 24.5 Å². The predicted octanol–water partition coefficient (Wildman–Crippen LogP) is 3.55.